The van der Waals surface area contributed by atoms with Crippen molar-refractivity contribution in [1.29, 1.82) is 0 Å². The summed E-state index contributed by atoms with van der Waals surface area (Å²) < 4.78 is 0. The Morgan fingerprint density at radius 3 is 2.47 bits per heavy atom. The maximum atomic E-state index is 11.0. The van der Waals surface area contributed by atoms with Gasteiger partial charge >= 0.3 is 5.97 Å². The minimum Gasteiger partial charge on any atom is -0.481 e. The highest BCUT2D eigenvalue weighted by Gasteiger charge is 2.27. The molecule has 0 spiro atoms. The summed E-state index contributed by atoms with van der Waals surface area (Å²) in [6.07, 6.45) is 3.56. The molecule has 0 atom stereocenters. The number of hydrogen-bond donors (Lipinski definition) is 1. The number of benzene rings is 1. The van der Waals surface area contributed by atoms with Crippen molar-refractivity contribution in [2.45, 2.75) is 38.0 Å². The SMILES string of the molecule is O=C(O)CC1CCC(c2ccccc2[N+](=O)[O-])CC1. The van der Waals surface area contributed by atoms with E-state index in [2.05, 4.69) is 0 Å². The van der Waals surface area contributed by atoms with E-state index in [0.717, 1.165) is 31.2 Å². The van der Waals surface area contributed by atoms with Crippen LogP contribution < -0.4 is 0 Å². The lowest BCUT2D eigenvalue weighted by atomic mass is 9.77. The Kier molecular flexibility index (Phi) is 4.14. The number of hydrogen-bond acceptors (Lipinski definition) is 3. The molecular formula is C14H17NO4. The Morgan fingerprint density at radius 1 is 1.26 bits per heavy atom. The minimum absolute atomic E-state index is 0.184. The summed E-state index contributed by atoms with van der Waals surface area (Å²) in [5.41, 5.74) is 0.977. The van der Waals surface area contributed by atoms with Gasteiger partial charge in [-0.25, -0.2) is 0 Å². The standard InChI is InChI=1S/C14H17NO4/c16-14(17)9-10-5-7-11(8-6-10)12-3-1-2-4-13(12)15(18)19/h1-4,10-11H,5-9H2,(H,16,17). The fourth-order valence-corrected chi connectivity index (χ4v) is 2.92. The summed E-state index contributed by atoms with van der Waals surface area (Å²) in [6, 6.07) is 6.86. The molecule has 1 aliphatic carbocycles. The number of rotatable bonds is 4. The first-order chi connectivity index (χ1) is 9.08. The summed E-state index contributed by atoms with van der Waals surface area (Å²) in [5.74, 6) is -0.350. The van der Waals surface area contributed by atoms with Crippen LogP contribution in [0.2, 0.25) is 0 Å². The Balaban J connectivity index is 2.05. The number of nitro benzene ring substituents is 1. The average Bonchev–Trinajstić information content (AvgIpc) is 2.39. The van der Waals surface area contributed by atoms with Gasteiger partial charge in [-0.1, -0.05) is 18.2 Å². The molecule has 0 heterocycles. The highest BCUT2D eigenvalue weighted by Crippen LogP contribution is 2.40. The molecule has 0 radical (unpaired) electrons. The maximum absolute atomic E-state index is 11.0. The smallest absolute Gasteiger partial charge is 0.303 e. The zero-order valence-electron chi connectivity index (χ0n) is 10.6. The Morgan fingerprint density at radius 2 is 1.89 bits per heavy atom. The molecule has 1 aromatic carbocycles. The summed E-state index contributed by atoms with van der Waals surface area (Å²) in [4.78, 5) is 21.3. The maximum Gasteiger partial charge on any atom is 0.303 e. The van der Waals surface area contributed by atoms with Gasteiger partial charge < -0.3 is 5.11 Å². The van der Waals surface area contributed by atoms with Gasteiger partial charge in [0.2, 0.25) is 0 Å². The molecule has 1 N–H and O–H groups in total. The first kappa shape index (κ1) is 13.5. The Hall–Kier alpha value is -1.91. The van der Waals surface area contributed by atoms with Crippen LogP contribution in [-0.4, -0.2) is 16.0 Å². The summed E-state index contributed by atoms with van der Waals surface area (Å²) in [5, 5.41) is 19.8. The molecule has 1 fully saturated rings. The first-order valence-corrected chi connectivity index (χ1v) is 6.53. The predicted octanol–water partition coefficient (Wildman–Crippen LogP) is 3.34. The average molecular weight is 263 g/mol. The second-order valence-corrected chi connectivity index (χ2v) is 5.13. The van der Waals surface area contributed by atoms with Crippen molar-refractivity contribution in [2.75, 3.05) is 0 Å². The Labute approximate surface area is 111 Å². The molecule has 102 valence electrons. The zero-order valence-corrected chi connectivity index (χ0v) is 10.6. The number of carboxylic acids is 1. The molecule has 19 heavy (non-hydrogen) atoms. The van der Waals surface area contributed by atoms with Crippen molar-refractivity contribution in [3.05, 3.63) is 39.9 Å². The summed E-state index contributed by atoms with van der Waals surface area (Å²) in [6.45, 7) is 0. The lowest BCUT2D eigenvalue weighted by Gasteiger charge is -2.27. The van der Waals surface area contributed by atoms with E-state index in [4.69, 9.17) is 5.11 Å². The van der Waals surface area contributed by atoms with Crippen LogP contribution in [0.4, 0.5) is 5.69 Å². The van der Waals surface area contributed by atoms with Crippen LogP contribution in [0.3, 0.4) is 0 Å². The van der Waals surface area contributed by atoms with Gasteiger partial charge in [0.05, 0.1) is 4.92 Å². The molecule has 0 aromatic heterocycles. The quantitative estimate of drug-likeness (QED) is 0.667. The number of para-hydroxylation sites is 1. The van der Waals surface area contributed by atoms with E-state index < -0.39 is 5.97 Å². The summed E-state index contributed by atoms with van der Waals surface area (Å²) >= 11 is 0. The van der Waals surface area contributed by atoms with Crippen molar-refractivity contribution >= 4 is 11.7 Å². The molecule has 5 nitrogen and oxygen atoms in total. The monoisotopic (exact) mass is 263 g/mol. The number of nitrogens with zero attached hydrogens (tertiary/aromatic N) is 1. The van der Waals surface area contributed by atoms with Crippen LogP contribution in [0.15, 0.2) is 24.3 Å². The molecule has 1 aromatic rings. The third-order valence-corrected chi connectivity index (χ3v) is 3.88. The molecule has 0 aliphatic heterocycles. The summed E-state index contributed by atoms with van der Waals surface area (Å²) in [7, 11) is 0. The topological polar surface area (TPSA) is 80.4 Å². The largest absolute Gasteiger partial charge is 0.481 e. The van der Waals surface area contributed by atoms with E-state index in [0.29, 0.717) is 0 Å². The first-order valence-electron chi connectivity index (χ1n) is 6.53. The van der Waals surface area contributed by atoms with E-state index in [9.17, 15) is 14.9 Å². The van der Waals surface area contributed by atoms with Gasteiger partial charge in [0.25, 0.3) is 5.69 Å². The van der Waals surface area contributed by atoms with Gasteiger partial charge in [0.1, 0.15) is 0 Å². The van der Waals surface area contributed by atoms with Crippen molar-refractivity contribution in [1.82, 2.24) is 0 Å². The van der Waals surface area contributed by atoms with Gasteiger partial charge in [0, 0.05) is 18.1 Å². The van der Waals surface area contributed by atoms with Crippen molar-refractivity contribution in [2.24, 2.45) is 5.92 Å². The number of carbonyl (C=O) groups is 1. The predicted molar refractivity (Wildman–Crippen MR) is 70.0 cm³/mol. The third kappa shape index (κ3) is 3.30. The van der Waals surface area contributed by atoms with E-state index in [1.54, 1.807) is 12.1 Å². The van der Waals surface area contributed by atoms with Gasteiger partial charge in [-0.3, -0.25) is 14.9 Å². The van der Waals surface area contributed by atoms with Crippen LogP contribution in [0.5, 0.6) is 0 Å². The van der Waals surface area contributed by atoms with Gasteiger partial charge in [-0.15, -0.1) is 0 Å². The van der Waals surface area contributed by atoms with E-state index >= 15 is 0 Å². The van der Waals surface area contributed by atoms with Gasteiger partial charge in [0.15, 0.2) is 0 Å². The van der Waals surface area contributed by atoms with Crippen LogP contribution in [0, 0.1) is 16.0 Å². The van der Waals surface area contributed by atoms with Crippen LogP contribution >= 0.6 is 0 Å². The molecule has 0 amide bonds. The van der Waals surface area contributed by atoms with E-state index in [1.807, 2.05) is 12.1 Å². The molecular weight excluding hydrogens is 246 g/mol. The number of nitro groups is 1. The zero-order chi connectivity index (χ0) is 13.8. The number of carboxylic acid groups (broad SMARTS) is 1. The molecule has 1 saturated carbocycles. The fraction of sp³-hybridized carbons (Fsp3) is 0.500. The van der Waals surface area contributed by atoms with E-state index in [-0.39, 0.29) is 28.9 Å². The second-order valence-electron chi connectivity index (χ2n) is 5.13. The van der Waals surface area contributed by atoms with Crippen LogP contribution in [-0.2, 0) is 4.79 Å². The molecule has 5 heteroatoms. The second kappa shape index (κ2) is 5.82. The van der Waals surface area contributed by atoms with E-state index in [1.165, 1.54) is 0 Å². The third-order valence-electron chi connectivity index (χ3n) is 3.88. The molecule has 0 saturated heterocycles. The van der Waals surface area contributed by atoms with Gasteiger partial charge in [-0.2, -0.15) is 0 Å². The lowest BCUT2D eigenvalue weighted by Crippen LogP contribution is -2.17. The number of aliphatic carboxylic acids is 1. The van der Waals surface area contributed by atoms with Gasteiger partial charge in [-0.05, 0) is 37.5 Å². The van der Waals surface area contributed by atoms with Crippen molar-refractivity contribution in [3.8, 4) is 0 Å². The minimum atomic E-state index is -0.755. The lowest BCUT2D eigenvalue weighted by molar-refractivity contribution is -0.385. The highest BCUT2D eigenvalue weighted by atomic mass is 16.6. The van der Waals surface area contributed by atoms with Crippen molar-refractivity contribution < 1.29 is 14.8 Å². The van der Waals surface area contributed by atoms with Crippen LogP contribution in [0.25, 0.3) is 0 Å². The molecule has 1 aliphatic rings. The fourth-order valence-electron chi connectivity index (χ4n) is 2.92. The normalized spacial score (nSPS) is 22.9. The Bertz CT molecular complexity index is 478. The molecule has 0 unspecified atom stereocenters. The van der Waals surface area contributed by atoms with Crippen molar-refractivity contribution in [3.63, 3.8) is 0 Å². The molecule has 2 rings (SSSR count). The molecule has 0 bridgehead atoms. The highest BCUT2D eigenvalue weighted by molar-refractivity contribution is 5.67. The van der Waals surface area contributed by atoms with Crippen LogP contribution in [0.1, 0.15) is 43.6 Å².